The van der Waals surface area contributed by atoms with Crippen LogP contribution in [0.25, 0.3) is 0 Å². The van der Waals surface area contributed by atoms with E-state index in [0.29, 0.717) is 5.41 Å². The molecule has 4 fully saturated rings. The van der Waals surface area contributed by atoms with Gasteiger partial charge in [-0.05, 0) is 80.2 Å². The zero-order valence-corrected chi connectivity index (χ0v) is 17.8. The standard InChI is InChI=1S/C22H32N2O2S/c1-13-5-17(24-20(26)21(2,3)4)27-18(13)19(25)23-12-22-9-14-6-15(10-22)8-16(7-14)11-22/h5,14-16H,6-12H2,1-4H3,(H,23,25)(H,24,26). The molecule has 148 valence electrons. The number of anilines is 1. The van der Waals surface area contributed by atoms with Crippen LogP contribution in [0.2, 0.25) is 0 Å². The Hall–Kier alpha value is -1.36. The molecule has 4 aliphatic carbocycles. The molecule has 2 N–H and O–H groups in total. The van der Waals surface area contributed by atoms with Gasteiger partial charge in [0.25, 0.3) is 5.91 Å². The summed E-state index contributed by atoms with van der Waals surface area (Å²) in [6.45, 7) is 8.44. The molecule has 2 amide bonds. The van der Waals surface area contributed by atoms with Gasteiger partial charge in [-0.25, -0.2) is 0 Å². The highest BCUT2D eigenvalue weighted by Crippen LogP contribution is 2.59. The van der Waals surface area contributed by atoms with Crippen molar-refractivity contribution in [2.45, 2.75) is 66.2 Å². The molecule has 0 saturated heterocycles. The summed E-state index contributed by atoms with van der Waals surface area (Å²) in [4.78, 5) is 25.8. The fourth-order valence-corrected chi connectivity index (χ4v) is 6.91. The third kappa shape index (κ3) is 3.80. The maximum absolute atomic E-state index is 12.8. The van der Waals surface area contributed by atoms with Crippen LogP contribution >= 0.6 is 11.3 Å². The SMILES string of the molecule is Cc1cc(NC(=O)C(C)(C)C)sc1C(=O)NCC12CC3CC(CC(C3)C1)C2. The monoisotopic (exact) mass is 388 g/mol. The topological polar surface area (TPSA) is 58.2 Å². The van der Waals surface area contributed by atoms with Crippen molar-refractivity contribution < 1.29 is 9.59 Å². The fourth-order valence-electron chi connectivity index (χ4n) is 5.92. The number of aryl methyl sites for hydroxylation is 1. The number of rotatable bonds is 4. The molecule has 27 heavy (non-hydrogen) atoms. The van der Waals surface area contributed by atoms with Crippen molar-refractivity contribution in [2.24, 2.45) is 28.6 Å². The average Bonchev–Trinajstić information content (AvgIpc) is 2.91. The van der Waals surface area contributed by atoms with Gasteiger partial charge in [0, 0.05) is 12.0 Å². The first-order valence-electron chi connectivity index (χ1n) is 10.3. The number of thiophene rings is 1. The second kappa shape index (κ2) is 6.61. The largest absolute Gasteiger partial charge is 0.351 e. The van der Waals surface area contributed by atoms with Gasteiger partial charge in [0.1, 0.15) is 0 Å². The van der Waals surface area contributed by atoms with Crippen molar-refractivity contribution in [3.05, 3.63) is 16.5 Å². The molecule has 0 radical (unpaired) electrons. The van der Waals surface area contributed by atoms with Gasteiger partial charge in [0.05, 0.1) is 9.88 Å². The molecular weight excluding hydrogens is 356 g/mol. The van der Waals surface area contributed by atoms with E-state index in [0.717, 1.165) is 39.7 Å². The van der Waals surface area contributed by atoms with Crippen LogP contribution in [0.1, 0.15) is 74.5 Å². The lowest BCUT2D eigenvalue weighted by Gasteiger charge is -2.56. The summed E-state index contributed by atoms with van der Waals surface area (Å²) in [5, 5.41) is 6.96. The average molecular weight is 389 g/mol. The van der Waals surface area contributed by atoms with Crippen LogP contribution in [0.5, 0.6) is 0 Å². The maximum Gasteiger partial charge on any atom is 0.261 e. The molecule has 0 atom stereocenters. The van der Waals surface area contributed by atoms with E-state index in [1.807, 2.05) is 33.8 Å². The summed E-state index contributed by atoms with van der Waals surface area (Å²) in [6.07, 6.45) is 8.18. The molecule has 5 heteroatoms. The van der Waals surface area contributed by atoms with Crippen molar-refractivity contribution >= 4 is 28.2 Å². The number of carbonyl (C=O) groups is 2. The molecule has 0 spiro atoms. The number of amides is 2. The van der Waals surface area contributed by atoms with E-state index < -0.39 is 5.41 Å². The predicted octanol–water partition coefficient (Wildman–Crippen LogP) is 4.99. The van der Waals surface area contributed by atoms with Crippen LogP contribution in [0, 0.1) is 35.5 Å². The number of nitrogens with one attached hydrogen (secondary N) is 2. The summed E-state index contributed by atoms with van der Waals surface area (Å²) in [6, 6.07) is 1.91. The molecule has 1 aromatic rings. The van der Waals surface area contributed by atoms with Gasteiger partial charge in [-0.2, -0.15) is 0 Å². The summed E-state index contributed by atoms with van der Waals surface area (Å²) in [7, 11) is 0. The van der Waals surface area contributed by atoms with E-state index >= 15 is 0 Å². The van der Waals surface area contributed by atoms with Crippen LogP contribution in [0.15, 0.2) is 6.07 Å². The van der Waals surface area contributed by atoms with E-state index in [4.69, 9.17) is 0 Å². The molecule has 4 saturated carbocycles. The van der Waals surface area contributed by atoms with Crippen molar-refractivity contribution in [3.8, 4) is 0 Å². The van der Waals surface area contributed by atoms with Crippen LogP contribution in [0.3, 0.4) is 0 Å². The Labute approximate surface area is 166 Å². The lowest BCUT2D eigenvalue weighted by atomic mass is 9.49. The second-order valence-electron chi connectivity index (χ2n) is 10.4. The van der Waals surface area contributed by atoms with E-state index in [9.17, 15) is 9.59 Å². The van der Waals surface area contributed by atoms with E-state index in [2.05, 4.69) is 10.6 Å². The minimum Gasteiger partial charge on any atom is -0.351 e. The quantitative estimate of drug-likeness (QED) is 0.763. The van der Waals surface area contributed by atoms with Gasteiger partial charge in [0.2, 0.25) is 5.91 Å². The highest BCUT2D eigenvalue weighted by molar-refractivity contribution is 7.18. The van der Waals surface area contributed by atoms with Crippen LogP contribution in [0.4, 0.5) is 5.00 Å². The molecule has 5 rings (SSSR count). The zero-order chi connectivity index (χ0) is 19.4. The summed E-state index contributed by atoms with van der Waals surface area (Å²) < 4.78 is 0. The minimum atomic E-state index is -0.446. The lowest BCUT2D eigenvalue weighted by Crippen LogP contribution is -2.51. The van der Waals surface area contributed by atoms with Crippen molar-refractivity contribution in [1.82, 2.24) is 5.32 Å². The third-order valence-corrected chi connectivity index (χ3v) is 7.98. The molecule has 4 nitrogen and oxygen atoms in total. The Morgan fingerprint density at radius 3 is 2.19 bits per heavy atom. The van der Waals surface area contributed by atoms with Crippen LogP contribution in [-0.2, 0) is 4.79 Å². The first-order chi connectivity index (χ1) is 12.6. The van der Waals surface area contributed by atoms with Gasteiger partial charge in [-0.3, -0.25) is 9.59 Å². The highest BCUT2D eigenvalue weighted by atomic mass is 32.1. The molecule has 1 heterocycles. The molecule has 1 aromatic heterocycles. The molecule has 0 aromatic carbocycles. The molecular formula is C22H32N2O2S. The first kappa shape index (κ1) is 19.0. The summed E-state index contributed by atoms with van der Waals surface area (Å²) >= 11 is 1.39. The Morgan fingerprint density at radius 2 is 1.67 bits per heavy atom. The van der Waals surface area contributed by atoms with E-state index in [-0.39, 0.29) is 11.8 Å². The summed E-state index contributed by atoms with van der Waals surface area (Å²) in [5.74, 6) is 2.69. The smallest absolute Gasteiger partial charge is 0.261 e. The highest BCUT2D eigenvalue weighted by Gasteiger charge is 2.50. The Kier molecular flexibility index (Phi) is 4.65. The van der Waals surface area contributed by atoms with Gasteiger partial charge in [-0.1, -0.05) is 20.8 Å². The normalized spacial score (nSPS) is 31.8. The van der Waals surface area contributed by atoms with Crippen molar-refractivity contribution in [2.75, 3.05) is 11.9 Å². The number of hydrogen-bond donors (Lipinski definition) is 2. The molecule has 0 aliphatic heterocycles. The second-order valence-corrected chi connectivity index (χ2v) is 11.5. The number of carbonyl (C=O) groups excluding carboxylic acids is 2. The van der Waals surface area contributed by atoms with Gasteiger partial charge >= 0.3 is 0 Å². The van der Waals surface area contributed by atoms with E-state index in [1.165, 1.54) is 49.9 Å². The molecule has 0 unspecified atom stereocenters. The van der Waals surface area contributed by atoms with E-state index in [1.54, 1.807) is 0 Å². The van der Waals surface area contributed by atoms with Gasteiger partial charge in [-0.15, -0.1) is 11.3 Å². The third-order valence-electron chi connectivity index (χ3n) is 6.83. The maximum atomic E-state index is 12.8. The first-order valence-corrected chi connectivity index (χ1v) is 11.2. The number of hydrogen-bond acceptors (Lipinski definition) is 3. The lowest BCUT2D eigenvalue weighted by molar-refractivity contribution is -0.123. The zero-order valence-electron chi connectivity index (χ0n) is 17.0. The van der Waals surface area contributed by atoms with Crippen molar-refractivity contribution in [1.29, 1.82) is 0 Å². The Morgan fingerprint density at radius 1 is 1.11 bits per heavy atom. The van der Waals surface area contributed by atoms with Gasteiger partial charge in [0.15, 0.2) is 0 Å². The Balaban J connectivity index is 1.40. The fraction of sp³-hybridized carbons (Fsp3) is 0.727. The summed E-state index contributed by atoms with van der Waals surface area (Å²) in [5.41, 5.74) is 0.838. The minimum absolute atomic E-state index is 0.0181. The molecule has 4 aliphatic rings. The van der Waals surface area contributed by atoms with Gasteiger partial charge < -0.3 is 10.6 Å². The molecule has 4 bridgehead atoms. The van der Waals surface area contributed by atoms with Crippen LogP contribution < -0.4 is 10.6 Å². The van der Waals surface area contributed by atoms with Crippen molar-refractivity contribution in [3.63, 3.8) is 0 Å². The van der Waals surface area contributed by atoms with Crippen LogP contribution in [-0.4, -0.2) is 18.4 Å². The Bertz CT molecular complexity index is 724. The predicted molar refractivity (Wildman–Crippen MR) is 110 cm³/mol.